The first kappa shape index (κ1) is 18.3. The minimum atomic E-state index is 0.00337. The maximum absolute atomic E-state index is 12.8. The molecule has 0 aliphatic heterocycles. The molecule has 0 spiro atoms. The van der Waals surface area contributed by atoms with E-state index < -0.39 is 0 Å². The summed E-state index contributed by atoms with van der Waals surface area (Å²) in [7, 11) is 1.68. The molecule has 0 bridgehead atoms. The molecule has 0 radical (unpaired) electrons. The third-order valence-electron chi connectivity index (χ3n) is 5.21. The zero-order valence-electron chi connectivity index (χ0n) is 15.9. The number of amides is 2. The van der Waals surface area contributed by atoms with Crippen molar-refractivity contribution in [2.75, 3.05) is 13.7 Å². The predicted molar refractivity (Wildman–Crippen MR) is 104 cm³/mol. The lowest BCUT2D eigenvalue weighted by molar-refractivity contribution is 0.179. The van der Waals surface area contributed by atoms with Crippen molar-refractivity contribution in [3.8, 4) is 5.75 Å². The highest BCUT2D eigenvalue weighted by atomic mass is 16.5. The molecule has 1 N–H and O–H groups in total. The smallest absolute Gasteiger partial charge is 0.317 e. The topological polar surface area (TPSA) is 41.6 Å². The lowest BCUT2D eigenvalue weighted by atomic mass is 9.96. The summed E-state index contributed by atoms with van der Waals surface area (Å²) in [5.41, 5.74) is 2.50. The standard InChI is InChI=1S/C22H28N2O2/c1-17(2)24(15-18-7-5-4-6-8-18)21(25)23-16-22(13-14-22)19-9-11-20(26-3)12-10-19/h4-12,17H,13-16H2,1-3H3,(H,23,25). The number of hydrogen-bond donors (Lipinski definition) is 1. The molecule has 3 rings (SSSR count). The molecule has 2 aromatic rings. The lowest BCUT2D eigenvalue weighted by Gasteiger charge is -2.28. The van der Waals surface area contributed by atoms with Gasteiger partial charge in [-0.25, -0.2) is 4.79 Å². The minimum absolute atomic E-state index is 0.00337. The van der Waals surface area contributed by atoms with Gasteiger partial charge in [0.25, 0.3) is 0 Å². The summed E-state index contributed by atoms with van der Waals surface area (Å²) in [6.45, 7) is 5.41. The summed E-state index contributed by atoms with van der Waals surface area (Å²) < 4.78 is 5.24. The van der Waals surface area contributed by atoms with E-state index in [-0.39, 0.29) is 17.5 Å². The van der Waals surface area contributed by atoms with Crippen molar-refractivity contribution in [1.82, 2.24) is 10.2 Å². The lowest BCUT2D eigenvalue weighted by Crippen LogP contribution is -2.45. The van der Waals surface area contributed by atoms with E-state index in [1.54, 1.807) is 7.11 Å². The van der Waals surface area contributed by atoms with E-state index in [1.807, 2.05) is 35.2 Å². The molecule has 0 heterocycles. The van der Waals surface area contributed by atoms with Gasteiger partial charge in [0.1, 0.15) is 5.75 Å². The summed E-state index contributed by atoms with van der Waals surface area (Å²) in [4.78, 5) is 14.7. The third-order valence-corrected chi connectivity index (χ3v) is 5.21. The molecular formula is C22H28N2O2. The molecule has 0 atom stereocenters. The van der Waals surface area contributed by atoms with Crippen molar-refractivity contribution in [1.29, 1.82) is 0 Å². The Morgan fingerprint density at radius 1 is 1.12 bits per heavy atom. The van der Waals surface area contributed by atoms with Crippen LogP contribution >= 0.6 is 0 Å². The quantitative estimate of drug-likeness (QED) is 0.805. The van der Waals surface area contributed by atoms with Crippen LogP contribution in [0.1, 0.15) is 37.8 Å². The van der Waals surface area contributed by atoms with Crippen LogP contribution in [0.25, 0.3) is 0 Å². The molecule has 4 heteroatoms. The summed E-state index contributed by atoms with van der Waals surface area (Å²) >= 11 is 0. The van der Waals surface area contributed by atoms with Gasteiger partial charge >= 0.3 is 6.03 Å². The molecular weight excluding hydrogens is 324 g/mol. The molecule has 0 saturated heterocycles. The highest BCUT2D eigenvalue weighted by Gasteiger charge is 2.44. The monoisotopic (exact) mass is 352 g/mol. The molecule has 1 saturated carbocycles. The van der Waals surface area contributed by atoms with E-state index in [0.717, 1.165) is 24.2 Å². The van der Waals surface area contributed by atoms with Gasteiger partial charge in [-0.3, -0.25) is 0 Å². The van der Waals surface area contributed by atoms with E-state index in [9.17, 15) is 4.79 Å². The number of rotatable bonds is 7. The number of carbonyl (C=O) groups is 1. The van der Waals surface area contributed by atoms with Crippen LogP contribution in [0.15, 0.2) is 54.6 Å². The molecule has 4 nitrogen and oxygen atoms in total. The molecule has 138 valence electrons. The summed E-state index contributed by atoms with van der Waals surface area (Å²) in [5.74, 6) is 0.863. The van der Waals surface area contributed by atoms with E-state index >= 15 is 0 Å². The number of benzene rings is 2. The molecule has 26 heavy (non-hydrogen) atoms. The summed E-state index contributed by atoms with van der Waals surface area (Å²) in [6, 6.07) is 18.5. The highest BCUT2D eigenvalue weighted by molar-refractivity contribution is 5.74. The fourth-order valence-corrected chi connectivity index (χ4v) is 3.28. The molecule has 0 aromatic heterocycles. The van der Waals surface area contributed by atoms with Crippen LogP contribution in [0.5, 0.6) is 5.75 Å². The average Bonchev–Trinajstić information content (AvgIpc) is 3.46. The van der Waals surface area contributed by atoms with Gasteiger partial charge in [-0.15, -0.1) is 0 Å². The number of ether oxygens (including phenoxy) is 1. The van der Waals surface area contributed by atoms with Crippen LogP contribution < -0.4 is 10.1 Å². The molecule has 0 unspecified atom stereocenters. The van der Waals surface area contributed by atoms with Crippen LogP contribution in [0.4, 0.5) is 4.79 Å². The van der Waals surface area contributed by atoms with Crippen molar-refractivity contribution in [3.05, 3.63) is 65.7 Å². The van der Waals surface area contributed by atoms with Gasteiger partial charge in [0.05, 0.1) is 7.11 Å². The van der Waals surface area contributed by atoms with Gasteiger partial charge in [-0.05, 0) is 49.9 Å². The van der Waals surface area contributed by atoms with Crippen molar-refractivity contribution < 1.29 is 9.53 Å². The van der Waals surface area contributed by atoms with Crippen molar-refractivity contribution >= 4 is 6.03 Å². The van der Waals surface area contributed by atoms with E-state index in [0.29, 0.717) is 13.1 Å². The average molecular weight is 352 g/mol. The number of nitrogens with zero attached hydrogens (tertiary/aromatic N) is 1. The number of urea groups is 1. The fourth-order valence-electron chi connectivity index (χ4n) is 3.28. The second kappa shape index (κ2) is 7.81. The van der Waals surface area contributed by atoms with E-state index in [4.69, 9.17) is 4.74 Å². The van der Waals surface area contributed by atoms with Gasteiger partial charge in [0.15, 0.2) is 0 Å². The van der Waals surface area contributed by atoms with Crippen molar-refractivity contribution in [2.24, 2.45) is 0 Å². The maximum Gasteiger partial charge on any atom is 0.317 e. The summed E-state index contributed by atoms with van der Waals surface area (Å²) in [6.07, 6.45) is 2.22. The Hall–Kier alpha value is -2.49. The molecule has 2 amide bonds. The molecule has 2 aromatic carbocycles. The summed E-state index contributed by atoms with van der Waals surface area (Å²) in [5, 5.41) is 3.17. The van der Waals surface area contributed by atoms with Crippen LogP contribution in [-0.2, 0) is 12.0 Å². The minimum Gasteiger partial charge on any atom is -0.497 e. The van der Waals surface area contributed by atoms with Crippen LogP contribution in [0.2, 0.25) is 0 Å². The van der Waals surface area contributed by atoms with Gasteiger partial charge in [0, 0.05) is 24.5 Å². The van der Waals surface area contributed by atoms with E-state index in [1.165, 1.54) is 5.56 Å². The Morgan fingerprint density at radius 2 is 1.77 bits per heavy atom. The molecule has 1 fully saturated rings. The first-order valence-corrected chi connectivity index (χ1v) is 9.27. The van der Waals surface area contributed by atoms with Crippen molar-refractivity contribution in [3.63, 3.8) is 0 Å². The Morgan fingerprint density at radius 3 is 2.31 bits per heavy atom. The Bertz CT molecular complexity index is 722. The van der Waals surface area contributed by atoms with Crippen LogP contribution in [-0.4, -0.2) is 30.6 Å². The van der Waals surface area contributed by atoms with Gasteiger partial charge in [-0.1, -0.05) is 42.5 Å². The molecule has 1 aliphatic rings. The van der Waals surface area contributed by atoms with Gasteiger partial charge in [0.2, 0.25) is 0 Å². The van der Waals surface area contributed by atoms with Crippen LogP contribution in [0.3, 0.4) is 0 Å². The first-order chi connectivity index (χ1) is 12.5. The number of hydrogen-bond acceptors (Lipinski definition) is 2. The van der Waals surface area contributed by atoms with E-state index in [2.05, 4.69) is 43.4 Å². The predicted octanol–water partition coefficient (Wildman–Crippen LogP) is 4.35. The van der Waals surface area contributed by atoms with Gasteiger partial charge in [-0.2, -0.15) is 0 Å². The van der Waals surface area contributed by atoms with Gasteiger partial charge < -0.3 is 15.0 Å². The molecule has 1 aliphatic carbocycles. The first-order valence-electron chi connectivity index (χ1n) is 9.27. The fraction of sp³-hybridized carbons (Fsp3) is 0.409. The normalized spacial score (nSPS) is 14.8. The maximum atomic E-state index is 12.8. The number of methoxy groups -OCH3 is 1. The zero-order chi connectivity index (χ0) is 18.6. The Balaban J connectivity index is 1.62. The largest absolute Gasteiger partial charge is 0.497 e. The van der Waals surface area contributed by atoms with Crippen molar-refractivity contribution in [2.45, 2.75) is 44.7 Å². The third kappa shape index (κ3) is 4.18. The SMILES string of the molecule is COc1ccc(C2(CNC(=O)N(Cc3ccccc3)C(C)C)CC2)cc1. The Kier molecular flexibility index (Phi) is 5.50. The second-order valence-corrected chi connectivity index (χ2v) is 7.37. The number of carbonyl (C=O) groups excluding carboxylic acids is 1. The Labute approximate surface area is 156 Å². The zero-order valence-corrected chi connectivity index (χ0v) is 15.9. The number of nitrogens with one attached hydrogen (secondary N) is 1. The van der Waals surface area contributed by atoms with Crippen LogP contribution in [0, 0.1) is 0 Å². The second-order valence-electron chi connectivity index (χ2n) is 7.37. The highest BCUT2D eigenvalue weighted by Crippen LogP contribution is 2.47.